The predicted molar refractivity (Wildman–Crippen MR) is 78.9 cm³/mol. The molecule has 0 aromatic heterocycles. The number of carbonyl (C=O) groups excluding carboxylic acids is 1. The number of aryl methyl sites for hydroxylation is 1. The molecule has 2 amide bonds. The average molecular weight is 346 g/mol. The number of benzene rings is 1. The second-order valence-electron chi connectivity index (χ2n) is 4.39. The summed E-state index contributed by atoms with van der Waals surface area (Å²) in [6.45, 7) is 3.56. The Hall–Kier alpha value is -1.67. The minimum absolute atomic E-state index is 0.0625. The van der Waals surface area contributed by atoms with Crippen molar-refractivity contribution in [2.45, 2.75) is 26.4 Å². The van der Waals surface area contributed by atoms with Gasteiger partial charge in [-0.15, -0.1) is 0 Å². The van der Waals surface area contributed by atoms with Crippen molar-refractivity contribution >= 4 is 33.3 Å². The van der Waals surface area contributed by atoms with Gasteiger partial charge in [0.1, 0.15) is 0 Å². The molecule has 0 saturated heterocycles. The van der Waals surface area contributed by atoms with Gasteiger partial charge in [-0.05, 0) is 42.3 Å². The summed E-state index contributed by atoms with van der Waals surface area (Å²) in [7, 11) is 0. The third-order valence-electron chi connectivity index (χ3n) is 2.58. The first-order valence-electron chi connectivity index (χ1n) is 5.98. The van der Waals surface area contributed by atoms with Gasteiger partial charge >= 0.3 is 6.03 Å². The predicted octanol–water partition coefficient (Wildman–Crippen LogP) is 2.56. The molecule has 0 heterocycles. The third kappa shape index (κ3) is 4.78. The summed E-state index contributed by atoms with van der Waals surface area (Å²) in [5.41, 5.74) is 0.756. The van der Waals surface area contributed by atoms with E-state index in [1.807, 2.05) is 0 Å². The number of urea groups is 1. The molecule has 1 unspecified atom stereocenters. The summed E-state index contributed by atoms with van der Waals surface area (Å²) >= 11 is 3.25. The Morgan fingerprint density at radius 3 is 2.75 bits per heavy atom. The van der Waals surface area contributed by atoms with Gasteiger partial charge in [0, 0.05) is 22.6 Å². The van der Waals surface area contributed by atoms with E-state index in [1.54, 1.807) is 19.9 Å². The number of hydrogen-bond donors (Lipinski definition) is 3. The van der Waals surface area contributed by atoms with Gasteiger partial charge in [-0.3, -0.25) is 10.1 Å². The lowest BCUT2D eigenvalue weighted by Gasteiger charge is -2.10. The fourth-order valence-corrected chi connectivity index (χ4v) is 2.07. The van der Waals surface area contributed by atoms with E-state index in [0.29, 0.717) is 28.7 Å². The molecule has 110 valence electrons. The number of aliphatic hydroxyl groups excluding tert-OH is 1. The molecule has 0 aliphatic heterocycles. The molecule has 1 aromatic rings. The van der Waals surface area contributed by atoms with E-state index < -0.39 is 17.1 Å². The van der Waals surface area contributed by atoms with Crippen LogP contribution in [0.1, 0.15) is 18.9 Å². The largest absolute Gasteiger partial charge is 0.393 e. The number of nitro benzene ring substituents is 1. The van der Waals surface area contributed by atoms with Crippen molar-refractivity contribution in [2.75, 3.05) is 11.9 Å². The second-order valence-corrected chi connectivity index (χ2v) is 5.25. The number of anilines is 1. The summed E-state index contributed by atoms with van der Waals surface area (Å²) in [6.07, 6.45) is -0.0645. The molecule has 1 aromatic carbocycles. The highest BCUT2D eigenvalue weighted by Crippen LogP contribution is 2.30. The van der Waals surface area contributed by atoms with Crippen LogP contribution in [0.5, 0.6) is 0 Å². The summed E-state index contributed by atoms with van der Waals surface area (Å²) in [5, 5.41) is 25.0. The number of nitro groups is 1. The van der Waals surface area contributed by atoms with Crippen LogP contribution in [0.15, 0.2) is 16.6 Å². The van der Waals surface area contributed by atoms with Crippen LogP contribution in [0.2, 0.25) is 0 Å². The number of amides is 2. The molecule has 0 radical (unpaired) electrons. The van der Waals surface area contributed by atoms with Gasteiger partial charge in [-0.2, -0.15) is 0 Å². The fraction of sp³-hybridized carbons (Fsp3) is 0.417. The van der Waals surface area contributed by atoms with E-state index >= 15 is 0 Å². The molecule has 1 rings (SSSR count). The molecule has 0 fully saturated rings. The monoisotopic (exact) mass is 345 g/mol. The minimum Gasteiger partial charge on any atom is -0.393 e. The van der Waals surface area contributed by atoms with Crippen molar-refractivity contribution < 1.29 is 14.8 Å². The second kappa shape index (κ2) is 7.20. The zero-order valence-electron chi connectivity index (χ0n) is 11.1. The molecule has 3 N–H and O–H groups in total. The van der Waals surface area contributed by atoms with Crippen LogP contribution in [0, 0.1) is 17.0 Å². The lowest BCUT2D eigenvalue weighted by atomic mass is 10.2. The molecule has 0 bridgehead atoms. The van der Waals surface area contributed by atoms with E-state index in [1.165, 1.54) is 6.07 Å². The van der Waals surface area contributed by atoms with Gasteiger partial charge in [0.2, 0.25) is 0 Å². The smallest absolute Gasteiger partial charge is 0.319 e. The molecule has 1 atom stereocenters. The van der Waals surface area contributed by atoms with Crippen LogP contribution in [-0.2, 0) is 0 Å². The Morgan fingerprint density at radius 2 is 2.20 bits per heavy atom. The zero-order chi connectivity index (χ0) is 15.3. The number of nitrogens with zero attached hydrogens (tertiary/aromatic N) is 1. The van der Waals surface area contributed by atoms with Crippen LogP contribution in [0.4, 0.5) is 16.2 Å². The summed E-state index contributed by atoms with van der Waals surface area (Å²) in [6, 6.07) is 2.39. The van der Waals surface area contributed by atoms with Crippen molar-refractivity contribution in [1.29, 1.82) is 0 Å². The van der Waals surface area contributed by atoms with Gasteiger partial charge < -0.3 is 15.7 Å². The third-order valence-corrected chi connectivity index (χ3v) is 3.23. The Kier molecular flexibility index (Phi) is 5.90. The number of nitrogens with one attached hydrogen (secondary N) is 2. The lowest BCUT2D eigenvalue weighted by molar-refractivity contribution is -0.385. The Labute approximate surface area is 124 Å². The number of aliphatic hydroxyl groups is 1. The fourth-order valence-electron chi connectivity index (χ4n) is 1.51. The van der Waals surface area contributed by atoms with Crippen molar-refractivity contribution in [1.82, 2.24) is 5.32 Å². The van der Waals surface area contributed by atoms with Crippen LogP contribution in [0.3, 0.4) is 0 Å². The standard InChI is InChI=1S/C12H16BrN3O4/c1-7-5-9(13)10(6-11(7)16(19)20)15-12(18)14-4-3-8(2)17/h5-6,8,17H,3-4H2,1-2H3,(H2,14,15,18). The number of halogens is 1. The van der Waals surface area contributed by atoms with Gasteiger partial charge in [0.25, 0.3) is 5.69 Å². The Morgan fingerprint density at radius 1 is 1.55 bits per heavy atom. The molecule has 7 nitrogen and oxygen atoms in total. The van der Waals surface area contributed by atoms with E-state index in [2.05, 4.69) is 26.6 Å². The maximum Gasteiger partial charge on any atom is 0.319 e. The Bertz CT molecular complexity index is 520. The van der Waals surface area contributed by atoms with Crippen molar-refractivity contribution in [3.63, 3.8) is 0 Å². The normalized spacial score (nSPS) is 11.8. The van der Waals surface area contributed by atoms with Crippen LogP contribution in [0.25, 0.3) is 0 Å². The first-order valence-corrected chi connectivity index (χ1v) is 6.78. The molecule has 0 saturated carbocycles. The maximum atomic E-state index is 11.6. The molecule has 20 heavy (non-hydrogen) atoms. The van der Waals surface area contributed by atoms with Gasteiger partial charge in [0.05, 0.1) is 16.7 Å². The van der Waals surface area contributed by atoms with Crippen molar-refractivity contribution in [2.24, 2.45) is 0 Å². The summed E-state index contributed by atoms with van der Waals surface area (Å²) in [5.74, 6) is 0. The molecular formula is C12H16BrN3O4. The summed E-state index contributed by atoms with van der Waals surface area (Å²) < 4.78 is 0.561. The van der Waals surface area contributed by atoms with Gasteiger partial charge in [0.15, 0.2) is 0 Å². The molecule has 0 spiro atoms. The highest BCUT2D eigenvalue weighted by molar-refractivity contribution is 9.10. The molecule has 0 aliphatic carbocycles. The molecule has 8 heteroatoms. The number of carbonyl (C=O) groups is 1. The number of rotatable bonds is 5. The first kappa shape index (κ1) is 16.4. The summed E-state index contributed by atoms with van der Waals surface area (Å²) in [4.78, 5) is 22.0. The van der Waals surface area contributed by atoms with Crippen LogP contribution in [-0.4, -0.2) is 28.7 Å². The minimum atomic E-state index is -0.502. The van der Waals surface area contributed by atoms with Crippen LogP contribution < -0.4 is 10.6 Å². The van der Waals surface area contributed by atoms with E-state index in [0.717, 1.165) is 0 Å². The van der Waals surface area contributed by atoms with Crippen molar-refractivity contribution in [3.8, 4) is 0 Å². The highest BCUT2D eigenvalue weighted by Gasteiger charge is 2.15. The van der Waals surface area contributed by atoms with Crippen LogP contribution >= 0.6 is 15.9 Å². The van der Waals surface area contributed by atoms with E-state index in [-0.39, 0.29) is 5.69 Å². The van der Waals surface area contributed by atoms with E-state index in [9.17, 15) is 14.9 Å². The number of hydrogen-bond acceptors (Lipinski definition) is 4. The lowest BCUT2D eigenvalue weighted by Crippen LogP contribution is -2.31. The first-order chi connectivity index (χ1) is 9.31. The van der Waals surface area contributed by atoms with Gasteiger partial charge in [-0.25, -0.2) is 4.79 Å². The SMILES string of the molecule is Cc1cc(Br)c(NC(=O)NCCC(C)O)cc1[N+](=O)[O-]. The van der Waals surface area contributed by atoms with Crippen molar-refractivity contribution in [3.05, 3.63) is 32.3 Å². The highest BCUT2D eigenvalue weighted by atomic mass is 79.9. The quantitative estimate of drug-likeness (QED) is 0.563. The molecule has 0 aliphatic rings. The van der Waals surface area contributed by atoms with E-state index in [4.69, 9.17) is 5.11 Å². The average Bonchev–Trinajstić information content (AvgIpc) is 2.31. The molecular weight excluding hydrogens is 330 g/mol. The van der Waals surface area contributed by atoms with Gasteiger partial charge in [-0.1, -0.05) is 0 Å². The zero-order valence-corrected chi connectivity index (χ0v) is 12.7. The Balaban J connectivity index is 2.74. The maximum absolute atomic E-state index is 11.6. The topological polar surface area (TPSA) is 104 Å².